The average molecular weight is 136 g/mol. The maximum Gasteiger partial charge on any atom is 0.0855 e. The SMILES string of the molecule is C=C1COC(C2CC2)C1=C. The van der Waals surface area contributed by atoms with E-state index in [-0.39, 0.29) is 0 Å². The van der Waals surface area contributed by atoms with Crippen molar-refractivity contribution in [1.29, 1.82) is 0 Å². The zero-order valence-electron chi connectivity index (χ0n) is 6.10. The van der Waals surface area contributed by atoms with Gasteiger partial charge in [-0.25, -0.2) is 0 Å². The average Bonchev–Trinajstić information content (AvgIpc) is 2.67. The summed E-state index contributed by atoms with van der Waals surface area (Å²) in [6, 6.07) is 0. The van der Waals surface area contributed by atoms with Gasteiger partial charge in [-0.1, -0.05) is 13.2 Å². The van der Waals surface area contributed by atoms with Crippen LogP contribution < -0.4 is 0 Å². The highest BCUT2D eigenvalue weighted by atomic mass is 16.5. The van der Waals surface area contributed by atoms with Crippen LogP contribution in [0.5, 0.6) is 0 Å². The second-order valence-corrected chi connectivity index (χ2v) is 3.20. The first-order valence-corrected chi connectivity index (χ1v) is 3.77. The molecule has 1 aliphatic heterocycles. The van der Waals surface area contributed by atoms with Crippen molar-refractivity contribution in [2.24, 2.45) is 5.92 Å². The van der Waals surface area contributed by atoms with Crippen molar-refractivity contribution in [3.63, 3.8) is 0 Å². The Morgan fingerprint density at radius 2 is 2.00 bits per heavy atom. The van der Waals surface area contributed by atoms with E-state index in [0.717, 1.165) is 17.1 Å². The molecule has 0 aromatic rings. The summed E-state index contributed by atoms with van der Waals surface area (Å²) in [7, 11) is 0. The highest BCUT2D eigenvalue weighted by molar-refractivity contribution is 5.34. The molecule has 1 nitrogen and oxygen atoms in total. The lowest BCUT2D eigenvalue weighted by Gasteiger charge is -2.06. The molecule has 0 spiro atoms. The lowest BCUT2D eigenvalue weighted by Crippen LogP contribution is -2.08. The van der Waals surface area contributed by atoms with Crippen molar-refractivity contribution >= 4 is 0 Å². The molecule has 2 rings (SSSR count). The smallest absolute Gasteiger partial charge is 0.0855 e. The topological polar surface area (TPSA) is 9.23 Å². The fourth-order valence-corrected chi connectivity index (χ4v) is 1.40. The summed E-state index contributed by atoms with van der Waals surface area (Å²) in [6.45, 7) is 8.53. The molecule has 1 heteroatoms. The Labute approximate surface area is 61.4 Å². The third-order valence-corrected chi connectivity index (χ3v) is 2.28. The van der Waals surface area contributed by atoms with Gasteiger partial charge in [0, 0.05) is 0 Å². The zero-order chi connectivity index (χ0) is 7.14. The molecule has 1 unspecified atom stereocenters. The third-order valence-electron chi connectivity index (χ3n) is 2.28. The first-order chi connectivity index (χ1) is 4.79. The molecule has 0 amide bonds. The Hall–Kier alpha value is -0.560. The lowest BCUT2D eigenvalue weighted by atomic mass is 10.0. The van der Waals surface area contributed by atoms with Crippen LogP contribution in [0, 0.1) is 5.92 Å². The summed E-state index contributed by atoms with van der Waals surface area (Å²) in [5, 5.41) is 0. The van der Waals surface area contributed by atoms with Gasteiger partial charge in [-0.05, 0) is 29.9 Å². The summed E-state index contributed by atoms with van der Waals surface area (Å²) in [5.41, 5.74) is 2.24. The molecule has 0 bridgehead atoms. The van der Waals surface area contributed by atoms with E-state index < -0.39 is 0 Å². The van der Waals surface area contributed by atoms with Crippen molar-refractivity contribution < 1.29 is 4.74 Å². The normalized spacial score (nSPS) is 33.4. The van der Waals surface area contributed by atoms with Crippen LogP contribution in [0.1, 0.15) is 12.8 Å². The van der Waals surface area contributed by atoms with Crippen LogP contribution in [0.15, 0.2) is 24.3 Å². The lowest BCUT2D eigenvalue weighted by molar-refractivity contribution is 0.114. The standard InChI is InChI=1S/C9H12O/c1-6-5-10-9(7(6)2)8-3-4-8/h8-9H,1-5H2. The molecular formula is C9H12O. The minimum atomic E-state index is 0.326. The Balaban J connectivity index is 2.10. The molecule has 0 aromatic carbocycles. The van der Waals surface area contributed by atoms with E-state index in [1.54, 1.807) is 0 Å². The van der Waals surface area contributed by atoms with E-state index in [1.807, 2.05) is 0 Å². The number of ether oxygens (including phenoxy) is 1. The quantitative estimate of drug-likeness (QED) is 0.535. The van der Waals surface area contributed by atoms with Gasteiger partial charge in [0.25, 0.3) is 0 Å². The summed E-state index contributed by atoms with van der Waals surface area (Å²) >= 11 is 0. The van der Waals surface area contributed by atoms with Gasteiger partial charge in [0.2, 0.25) is 0 Å². The number of rotatable bonds is 1. The minimum Gasteiger partial charge on any atom is -0.369 e. The molecule has 1 atom stereocenters. The van der Waals surface area contributed by atoms with Gasteiger partial charge >= 0.3 is 0 Å². The predicted molar refractivity (Wildman–Crippen MR) is 40.7 cm³/mol. The van der Waals surface area contributed by atoms with Crippen LogP contribution in [0.4, 0.5) is 0 Å². The Bertz CT molecular complexity index is 189. The molecule has 0 radical (unpaired) electrons. The Morgan fingerprint density at radius 1 is 1.30 bits per heavy atom. The fraction of sp³-hybridized carbons (Fsp3) is 0.556. The molecule has 10 heavy (non-hydrogen) atoms. The second-order valence-electron chi connectivity index (χ2n) is 3.20. The second kappa shape index (κ2) is 1.96. The van der Waals surface area contributed by atoms with E-state index in [2.05, 4.69) is 13.2 Å². The summed E-state index contributed by atoms with van der Waals surface area (Å²) in [5.74, 6) is 0.770. The summed E-state index contributed by atoms with van der Waals surface area (Å²) in [4.78, 5) is 0. The fourth-order valence-electron chi connectivity index (χ4n) is 1.40. The maximum atomic E-state index is 5.50. The zero-order valence-corrected chi connectivity index (χ0v) is 6.10. The van der Waals surface area contributed by atoms with E-state index in [4.69, 9.17) is 4.74 Å². The van der Waals surface area contributed by atoms with Crippen LogP contribution in [-0.2, 0) is 4.74 Å². The van der Waals surface area contributed by atoms with Crippen LogP contribution in [0.2, 0.25) is 0 Å². The first kappa shape index (κ1) is 6.17. The number of hydrogen-bond donors (Lipinski definition) is 0. The van der Waals surface area contributed by atoms with E-state index in [1.165, 1.54) is 12.8 Å². The molecule has 0 aromatic heterocycles. The van der Waals surface area contributed by atoms with Gasteiger partial charge in [-0.15, -0.1) is 0 Å². The van der Waals surface area contributed by atoms with Gasteiger partial charge < -0.3 is 4.74 Å². The molecule has 1 heterocycles. The molecule has 1 saturated carbocycles. The molecule has 1 aliphatic carbocycles. The Kier molecular flexibility index (Phi) is 1.21. The van der Waals surface area contributed by atoms with Crippen LogP contribution in [0.3, 0.4) is 0 Å². The van der Waals surface area contributed by atoms with Gasteiger partial charge in [0.15, 0.2) is 0 Å². The number of hydrogen-bond acceptors (Lipinski definition) is 1. The Morgan fingerprint density at radius 3 is 2.40 bits per heavy atom. The van der Waals surface area contributed by atoms with Crippen molar-refractivity contribution in [1.82, 2.24) is 0 Å². The van der Waals surface area contributed by atoms with Crippen molar-refractivity contribution in [2.75, 3.05) is 6.61 Å². The van der Waals surface area contributed by atoms with Crippen LogP contribution in [0.25, 0.3) is 0 Å². The molecule has 1 saturated heterocycles. The highest BCUT2D eigenvalue weighted by Gasteiger charge is 2.37. The van der Waals surface area contributed by atoms with Gasteiger partial charge in [0.05, 0.1) is 12.7 Å². The first-order valence-electron chi connectivity index (χ1n) is 3.77. The van der Waals surface area contributed by atoms with Crippen LogP contribution in [-0.4, -0.2) is 12.7 Å². The summed E-state index contributed by atoms with van der Waals surface area (Å²) < 4.78 is 5.50. The van der Waals surface area contributed by atoms with Gasteiger partial charge in [-0.2, -0.15) is 0 Å². The monoisotopic (exact) mass is 136 g/mol. The molecule has 2 fully saturated rings. The van der Waals surface area contributed by atoms with E-state index in [0.29, 0.717) is 12.7 Å². The van der Waals surface area contributed by atoms with E-state index in [9.17, 15) is 0 Å². The van der Waals surface area contributed by atoms with Crippen molar-refractivity contribution in [3.8, 4) is 0 Å². The van der Waals surface area contributed by atoms with Gasteiger partial charge in [0.1, 0.15) is 0 Å². The summed E-state index contributed by atoms with van der Waals surface area (Å²) in [6.07, 6.45) is 2.96. The minimum absolute atomic E-state index is 0.326. The van der Waals surface area contributed by atoms with Gasteiger partial charge in [-0.3, -0.25) is 0 Å². The third kappa shape index (κ3) is 0.816. The predicted octanol–water partition coefficient (Wildman–Crippen LogP) is 1.91. The van der Waals surface area contributed by atoms with Crippen molar-refractivity contribution in [2.45, 2.75) is 18.9 Å². The van der Waals surface area contributed by atoms with E-state index >= 15 is 0 Å². The molecule has 2 aliphatic rings. The molecule has 54 valence electrons. The maximum absolute atomic E-state index is 5.50. The largest absolute Gasteiger partial charge is 0.369 e. The van der Waals surface area contributed by atoms with Crippen molar-refractivity contribution in [3.05, 3.63) is 24.3 Å². The molecule has 0 N–H and O–H groups in total. The molecular weight excluding hydrogens is 124 g/mol. The van der Waals surface area contributed by atoms with Crippen LogP contribution >= 0.6 is 0 Å². The highest BCUT2D eigenvalue weighted by Crippen LogP contribution is 2.41.